The van der Waals surface area contributed by atoms with Crippen LogP contribution in [0.1, 0.15) is 56.3 Å². The topological polar surface area (TPSA) is 294 Å². The lowest BCUT2D eigenvalue weighted by Crippen LogP contribution is -2.36. The number of fused-ring (bicyclic) bond motifs is 1. The molecule has 0 saturated carbocycles. The van der Waals surface area contributed by atoms with Crippen molar-refractivity contribution in [2.75, 3.05) is 118 Å². The number of hydrogen-bond acceptors (Lipinski definition) is 16. The first-order valence-corrected chi connectivity index (χ1v) is 22.2. The van der Waals surface area contributed by atoms with E-state index in [2.05, 4.69) is 36.6 Å². The van der Waals surface area contributed by atoms with Gasteiger partial charge in [-0.3, -0.25) is 19.7 Å². The molecule has 0 aromatic heterocycles. The average molecular weight is 914 g/mol. The first-order chi connectivity index (χ1) is 30.7. The van der Waals surface area contributed by atoms with E-state index < -0.39 is 17.1 Å². The maximum Gasteiger partial charge on any atom is 0.407 e. The van der Waals surface area contributed by atoms with Crippen molar-refractivity contribution in [3.63, 3.8) is 0 Å². The molecule has 1 aromatic carbocycles. The zero-order valence-corrected chi connectivity index (χ0v) is 36.7. The van der Waals surface area contributed by atoms with Gasteiger partial charge >= 0.3 is 12.1 Å². The highest BCUT2D eigenvalue weighted by Gasteiger charge is 2.42. The lowest BCUT2D eigenvalue weighted by atomic mass is 10.0. The van der Waals surface area contributed by atoms with Gasteiger partial charge in [-0.1, -0.05) is 17.6 Å². The Morgan fingerprint density at radius 3 is 2.05 bits per heavy atom. The molecule has 0 radical (unpaired) electrons. The van der Waals surface area contributed by atoms with Crippen LogP contribution in [0.3, 0.4) is 0 Å². The Labute approximate surface area is 371 Å². The van der Waals surface area contributed by atoms with Gasteiger partial charge in [0.15, 0.2) is 0 Å². The predicted molar refractivity (Wildman–Crippen MR) is 229 cm³/mol. The van der Waals surface area contributed by atoms with Crippen molar-refractivity contribution in [1.29, 1.82) is 0 Å². The Hall–Kier alpha value is -4.52. The number of amides is 5. The monoisotopic (exact) mass is 913 g/mol. The van der Waals surface area contributed by atoms with Gasteiger partial charge in [0.1, 0.15) is 6.10 Å². The Balaban J connectivity index is 1.11. The third-order valence-corrected chi connectivity index (χ3v) is 10.9. The molecule has 63 heavy (non-hydrogen) atoms. The van der Waals surface area contributed by atoms with E-state index in [-0.39, 0.29) is 80.4 Å². The summed E-state index contributed by atoms with van der Waals surface area (Å²) in [7, 11) is 0. The minimum atomic E-state index is -0.960. The van der Waals surface area contributed by atoms with Gasteiger partial charge in [0.05, 0.1) is 115 Å². The number of benzene rings is 1. The fraction of sp³-hybridized carbons (Fsp3) is 0.744. The second kappa shape index (κ2) is 33.1. The van der Waals surface area contributed by atoms with E-state index in [9.17, 15) is 29.3 Å². The van der Waals surface area contributed by atoms with Gasteiger partial charge in [-0.25, -0.2) is 9.59 Å². The van der Waals surface area contributed by atoms with Crippen molar-refractivity contribution in [2.45, 2.75) is 69.0 Å². The second-order valence-corrected chi connectivity index (χ2v) is 15.4. The van der Waals surface area contributed by atoms with Crippen LogP contribution in [0.4, 0.5) is 15.3 Å². The summed E-state index contributed by atoms with van der Waals surface area (Å²) in [5.74, 6) is 0.664. The summed E-state index contributed by atoms with van der Waals surface area (Å²) in [6.45, 7) is 6.98. The number of hydrogen-bond donors (Lipinski definition) is 5. The zero-order valence-electron chi connectivity index (χ0n) is 35.9. The molecular weight excluding hydrogens is 851 g/mol. The molecule has 2 heterocycles. The lowest BCUT2D eigenvalue weighted by Gasteiger charge is -2.16. The number of nitrogens with zero attached hydrogens (tertiary/aromatic N) is 4. The Morgan fingerprint density at radius 2 is 1.41 bits per heavy atom. The predicted octanol–water partition coefficient (Wildman–Crippen LogP) is 2.66. The van der Waals surface area contributed by atoms with E-state index in [1.807, 2.05) is 11.8 Å². The van der Waals surface area contributed by atoms with Crippen molar-refractivity contribution < 1.29 is 62.0 Å². The Morgan fingerprint density at radius 1 is 0.825 bits per heavy atom. The van der Waals surface area contributed by atoms with Crippen LogP contribution < -0.4 is 26.6 Å². The van der Waals surface area contributed by atoms with Crippen LogP contribution in [-0.2, 0) is 54.0 Å². The highest BCUT2D eigenvalue weighted by molar-refractivity contribution is 8.00. The Bertz CT molecular complexity index is 1580. The van der Waals surface area contributed by atoms with Crippen molar-refractivity contribution in [3.8, 4) is 0 Å². The minimum absolute atomic E-state index is 0.00454. The zero-order chi connectivity index (χ0) is 45.3. The third-order valence-electron chi connectivity index (χ3n) is 9.40. The number of carbonyl (C=O) groups is 4. The summed E-state index contributed by atoms with van der Waals surface area (Å²) in [5, 5.41) is 29.5. The van der Waals surface area contributed by atoms with Crippen LogP contribution in [-0.4, -0.2) is 164 Å². The highest BCUT2D eigenvalue weighted by Crippen LogP contribution is 2.33. The molecule has 3 rings (SSSR count). The van der Waals surface area contributed by atoms with E-state index in [4.69, 9.17) is 43.4 Å². The first-order valence-electron chi connectivity index (χ1n) is 21.2. The normalized spacial score (nSPS) is 16.9. The minimum Gasteiger partial charge on any atom is -0.441 e. The standard InChI is InChI=1S/C39H63N9O14S/c1-29(62-39(52)42-10-14-57-18-22-60-23-19-58-15-11-44-47-40)31-26-30(6-7-33(31)48(53)54)27-43-36(50)8-12-55-16-20-59-24-25-61-21-17-56-13-9-41-35(49)5-3-2-4-34-37-32(28-63-34)45-38(51)46-37/h6-7,26,29,32,34,37H,2-5,8-25,27-28H2,1H3,(H,41,49)(H,42,52)(H,43,50)(H2,45,46,51)/t29?,32-,34?,37-/m1/s1. The van der Waals surface area contributed by atoms with Crippen molar-refractivity contribution in [2.24, 2.45) is 5.11 Å². The molecule has 2 aliphatic rings. The van der Waals surface area contributed by atoms with E-state index in [1.165, 1.54) is 25.1 Å². The fourth-order valence-electron chi connectivity index (χ4n) is 6.23. The first kappa shape index (κ1) is 52.8. The van der Waals surface area contributed by atoms with Crippen LogP contribution in [0, 0.1) is 10.1 Å². The number of carbonyl (C=O) groups excluding carboxylic acids is 4. The number of ether oxygens (including phenoxy) is 8. The van der Waals surface area contributed by atoms with Crippen LogP contribution in [0.25, 0.3) is 10.4 Å². The third kappa shape index (κ3) is 23.7. The summed E-state index contributed by atoms with van der Waals surface area (Å²) < 4.78 is 43.3. The molecule has 0 bridgehead atoms. The van der Waals surface area contributed by atoms with Gasteiger partial charge in [0, 0.05) is 61.0 Å². The summed E-state index contributed by atoms with van der Waals surface area (Å²) >= 11 is 1.88. The summed E-state index contributed by atoms with van der Waals surface area (Å²) in [6.07, 6.45) is 1.56. The van der Waals surface area contributed by atoms with Gasteiger partial charge in [-0.15, -0.1) is 0 Å². The largest absolute Gasteiger partial charge is 0.441 e. The number of alkyl carbamates (subject to hydrolysis) is 1. The van der Waals surface area contributed by atoms with E-state index >= 15 is 0 Å². The molecule has 354 valence electrons. The van der Waals surface area contributed by atoms with Gasteiger partial charge in [-0.05, 0) is 36.9 Å². The molecule has 2 unspecified atom stereocenters. The van der Waals surface area contributed by atoms with Crippen LogP contribution in [0.2, 0.25) is 0 Å². The Kier molecular flexibility index (Phi) is 27.7. The molecule has 23 nitrogen and oxygen atoms in total. The molecule has 1 aromatic rings. The number of unbranched alkanes of at least 4 members (excludes halogenated alkanes) is 1. The second-order valence-electron chi connectivity index (χ2n) is 14.1. The van der Waals surface area contributed by atoms with Gasteiger partial charge in [0.2, 0.25) is 11.8 Å². The quantitative estimate of drug-likeness (QED) is 0.0122. The molecule has 0 aliphatic carbocycles. The fourth-order valence-corrected chi connectivity index (χ4v) is 7.77. The number of nitro groups is 1. The molecule has 24 heteroatoms. The number of nitrogens with one attached hydrogen (secondary N) is 5. The van der Waals surface area contributed by atoms with Crippen molar-refractivity contribution in [3.05, 3.63) is 49.9 Å². The van der Waals surface area contributed by atoms with Crippen LogP contribution >= 0.6 is 11.8 Å². The van der Waals surface area contributed by atoms with Gasteiger partial charge < -0.3 is 64.5 Å². The van der Waals surface area contributed by atoms with Crippen LogP contribution in [0.5, 0.6) is 0 Å². The summed E-state index contributed by atoms with van der Waals surface area (Å²) in [5.41, 5.74) is 8.72. The molecular formula is C39H63N9O14S. The SMILES string of the molecule is CC(OC(=O)NCCOCCOCCOCCN=[N+]=[N-])c1cc(CNC(=O)CCOCCOCCOCCOCCNC(=O)CCCCC2SC[C@H]3NC(=O)N[C@@H]23)ccc1[N+](=O)[O-]. The number of thioether (sulfide) groups is 1. The molecule has 4 atom stereocenters. The molecule has 2 aliphatic heterocycles. The maximum atomic E-state index is 12.4. The van der Waals surface area contributed by atoms with Crippen molar-refractivity contribution in [1.82, 2.24) is 26.6 Å². The smallest absolute Gasteiger partial charge is 0.407 e. The van der Waals surface area contributed by atoms with Crippen molar-refractivity contribution >= 4 is 41.4 Å². The number of urea groups is 1. The number of azide groups is 1. The lowest BCUT2D eigenvalue weighted by molar-refractivity contribution is -0.386. The van der Waals surface area contributed by atoms with E-state index in [0.29, 0.717) is 103 Å². The molecule has 5 amide bonds. The average Bonchev–Trinajstić information content (AvgIpc) is 3.83. The summed E-state index contributed by atoms with van der Waals surface area (Å²) in [6, 6.07) is 4.68. The maximum absolute atomic E-state index is 12.4. The molecule has 0 spiro atoms. The molecule has 2 saturated heterocycles. The van der Waals surface area contributed by atoms with E-state index in [0.717, 1.165) is 25.0 Å². The van der Waals surface area contributed by atoms with Gasteiger partial charge in [0.25, 0.3) is 5.69 Å². The molecule has 2 fully saturated rings. The van der Waals surface area contributed by atoms with Crippen LogP contribution in [0.15, 0.2) is 23.3 Å². The van der Waals surface area contributed by atoms with Gasteiger partial charge in [-0.2, -0.15) is 11.8 Å². The highest BCUT2D eigenvalue weighted by atomic mass is 32.2. The molecule has 5 N–H and O–H groups in total. The summed E-state index contributed by atoms with van der Waals surface area (Å²) in [4.78, 5) is 62.1. The number of nitro benzene ring substituents is 1. The van der Waals surface area contributed by atoms with E-state index in [1.54, 1.807) is 0 Å². The number of rotatable bonds is 37.